The Kier molecular flexibility index (Phi) is 5.95. The first-order valence-electron chi connectivity index (χ1n) is 6.67. The zero-order valence-corrected chi connectivity index (χ0v) is 14.0. The van der Waals surface area contributed by atoms with Crippen LogP contribution in [0.5, 0.6) is 5.75 Å². The van der Waals surface area contributed by atoms with Crippen LogP contribution in [0.2, 0.25) is 15.1 Å². The average molecular weight is 359 g/mol. The van der Waals surface area contributed by atoms with E-state index >= 15 is 0 Å². The van der Waals surface area contributed by atoms with Gasteiger partial charge in [-0.2, -0.15) is 0 Å². The number of nitrogens with one attached hydrogen (secondary N) is 1. The first-order valence-corrected chi connectivity index (χ1v) is 7.81. The Morgan fingerprint density at radius 3 is 2.36 bits per heavy atom. The van der Waals surface area contributed by atoms with Gasteiger partial charge < -0.3 is 10.1 Å². The molecule has 2 aromatic carbocycles. The van der Waals surface area contributed by atoms with E-state index in [2.05, 4.69) is 5.32 Å². The number of carbonyl (C=O) groups excluding carboxylic acids is 1. The van der Waals surface area contributed by atoms with Gasteiger partial charge in [-0.15, -0.1) is 0 Å². The number of hydrogen-bond donors (Lipinski definition) is 1. The van der Waals surface area contributed by atoms with Crippen molar-refractivity contribution in [3.63, 3.8) is 0 Å². The van der Waals surface area contributed by atoms with Crippen molar-refractivity contribution in [1.29, 1.82) is 0 Å². The number of halogens is 3. The Balaban J connectivity index is 2.10. The van der Waals surface area contributed by atoms with Gasteiger partial charge in [-0.1, -0.05) is 53.9 Å². The van der Waals surface area contributed by atoms with Crippen LogP contribution < -0.4 is 10.1 Å². The molecule has 3 nitrogen and oxygen atoms in total. The summed E-state index contributed by atoms with van der Waals surface area (Å²) in [6.07, 6.45) is -0.177. The van der Waals surface area contributed by atoms with E-state index in [1.165, 1.54) is 0 Å². The quantitative estimate of drug-likeness (QED) is 0.772. The number of rotatable bonds is 5. The van der Waals surface area contributed by atoms with E-state index in [1.54, 1.807) is 42.5 Å². The Morgan fingerprint density at radius 2 is 1.77 bits per heavy atom. The van der Waals surface area contributed by atoms with Crippen LogP contribution in [0.25, 0.3) is 0 Å². The molecule has 6 heteroatoms. The van der Waals surface area contributed by atoms with E-state index in [1.807, 2.05) is 6.92 Å². The van der Waals surface area contributed by atoms with Crippen LogP contribution in [0.15, 0.2) is 42.5 Å². The molecule has 0 aliphatic heterocycles. The highest BCUT2D eigenvalue weighted by Crippen LogP contribution is 2.26. The van der Waals surface area contributed by atoms with Gasteiger partial charge in [0.1, 0.15) is 5.75 Å². The molecule has 0 spiro atoms. The van der Waals surface area contributed by atoms with E-state index in [9.17, 15) is 4.79 Å². The molecular formula is C16H14Cl3NO2. The van der Waals surface area contributed by atoms with Crippen molar-refractivity contribution in [1.82, 2.24) is 0 Å². The molecule has 0 bridgehead atoms. The summed E-state index contributed by atoms with van der Waals surface area (Å²) in [6.45, 7) is 1.85. The second-order valence-electron chi connectivity index (χ2n) is 4.59. The minimum Gasteiger partial charge on any atom is -0.479 e. The summed E-state index contributed by atoms with van der Waals surface area (Å²) in [5, 5.41) is 4.09. The Morgan fingerprint density at radius 1 is 1.14 bits per heavy atom. The topological polar surface area (TPSA) is 38.3 Å². The predicted molar refractivity (Wildman–Crippen MR) is 91.3 cm³/mol. The molecule has 0 aromatic heterocycles. The van der Waals surface area contributed by atoms with Gasteiger partial charge in [0.25, 0.3) is 5.91 Å². The maximum Gasteiger partial charge on any atom is 0.265 e. The predicted octanol–water partition coefficient (Wildman–Crippen LogP) is 5.44. The van der Waals surface area contributed by atoms with Gasteiger partial charge in [-0.3, -0.25) is 4.79 Å². The standard InChI is InChI=1S/C16H14Cl3NO2/c1-2-14(22-15-6-4-3-5-13(15)19)16(21)20-12-8-10(17)7-11(18)9-12/h3-9,14H,2H2,1H3,(H,20,21)/t14-/m0/s1. The van der Waals surface area contributed by atoms with Crippen LogP contribution in [-0.2, 0) is 4.79 Å². The van der Waals surface area contributed by atoms with Crippen molar-refractivity contribution in [2.75, 3.05) is 5.32 Å². The van der Waals surface area contributed by atoms with Crippen LogP contribution in [0.1, 0.15) is 13.3 Å². The third-order valence-electron chi connectivity index (χ3n) is 2.90. The van der Waals surface area contributed by atoms with Crippen molar-refractivity contribution in [2.24, 2.45) is 0 Å². The van der Waals surface area contributed by atoms with Gasteiger partial charge >= 0.3 is 0 Å². The molecule has 116 valence electrons. The number of ether oxygens (including phenoxy) is 1. The van der Waals surface area contributed by atoms with Crippen LogP contribution in [0, 0.1) is 0 Å². The second-order valence-corrected chi connectivity index (χ2v) is 5.87. The van der Waals surface area contributed by atoms with Crippen LogP contribution in [-0.4, -0.2) is 12.0 Å². The van der Waals surface area contributed by atoms with Crippen molar-refractivity contribution in [2.45, 2.75) is 19.4 Å². The molecule has 2 aromatic rings. The van der Waals surface area contributed by atoms with Crippen molar-refractivity contribution in [3.8, 4) is 5.75 Å². The van der Waals surface area contributed by atoms with E-state index in [-0.39, 0.29) is 5.91 Å². The molecule has 0 aliphatic rings. The van der Waals surface area contributed by atoms with Crippen LogP contribution in [0.3, 0.4) is 0 Å². The lowest BCUT2D eigenvalue weighted by molar-refractivity contribution is -0.122. The largest absolute Gasteiger partial charge is 0.479 e. The molecular weight excluding hydrogens is 345 g/mol. The molecule has 1 N–H and O–H groups in total. The summed E-state index contributed by atoms with van der Waals surface area (Å²) in [4.78, 5) is 12.3. The maximum absolute atomic E-state index is 12.3. The minimum absolute atomic E-state index is 0.291. The molecule has 0 saturated carbocycles. The summed E-state index contributed by atoms with van der Waals surface area (Å²) in [7, 11) is 0. The van der Waals surface area contributed by atoms with E-state index in [4.69, 9.17) is 39.5 Å². The lowest BCUT2D eigenvalue weighted by Crippen LogP contribution is -2.32. The lowest BCUT2D eigenvalue weighted by Gasteiger charge is -2.18. The third kappa shape index (κ3) is 4.54. The normalized spacial score (nSPS) is 11.8. The summed E-state index contributed by atoms with van der Waals surface area (Å²) < 4.78 is 5.68. The first kappa shape index (κ1) is 16.9. The molecule has 0 heterocycles. The van der Waals surface area contributed by atoms with Gasteiger partial charge in [0.2, 0.25) is 0 Å². The van der Waals surface area contributed by atoms with Gasteiger partial charge in [0.15, 0.2) is 6.10 Å². The summed E-state index contributed by atoms with van der Waals surface area (Å²) in [5.41, 5.74) is 0.517. The average Bonchev–Trinajstić information content (AvgIpc) is 2.45. The number of benzene rings is 2. The van der Waals surface area contributed by atoms with Gasteiger partial charge in [-0.25, -0.2) is 0 Å². The van der Waals surface area contributed by atoms with Crippen molar-refractivity contribution in [3.05, 3.63) is 57.5 Å². The Hall–Kier alpha value is -1.42. The first-order chi connectivity index (χ1) is 10.5. The third-order valence-corrected chi connectivity index (χ3v) is 3.65. The molecule has 0 saturated heterocycles. The minimum atomic E-state index is -0.669. The van der Waals surface area contributed by atoms with E-state index in [0.29, 0.717) is 32.9 Å². The molecule has 1 amide bonds. The Bertz CT molecular complexity index is 656. The Labute approximate surface area is 144 Å². The lowest BCUT2D eigenvalue weighted by atomic mass is 10.2. The molecule has 1 atom stereocenters. The monoisotopic (exact) mass is 357 g/mol. The second kappa shape index (κ2) is 7.73. The fourth-order valence-electron chi connectivity index (χ4n) is 1.86. The van der Waals surface area contributed by atoms with Gasteiger partial charge in [-0.05, 0) is 36.8 Å². The number of para-hydroxylation sites is 1. The van der Waals surface area contributed by atoms with Crippen molar-refractivity contribution < 1.29 is 9.53 Å². The molecule has 22 heavy (non-hydrogen) atoms. The molecule has 0 radical (unpaired) electrons. The highest BCUT2D eigenvalue weighted by atomic mass is 35.5. The van der Waals surface area contributed by atoms with Crippen molar-refractivity contribution >= 4 is 46.4 Å². The fourth-order valence-corrected chi connectivity index (χ4v) is 2.57. The number of anilines is 1. The zero-order chi connectivity index (χ0) is 16.1. The molecule has 0 aliphatic carbocycles. The van der Waals surface area contributed by atoms with E-state index < -0.39 is 6.10 Å². The van der Waals surface area contributed by atoms with Gasteiger partial charge in [0.05, 0.1) is 5.02 Å². The maximum atomic E-state index is 12.3. The smallest absolute Gasteiger partial charge is 0.265 e. The van der Waals surface area contributed by atoms with E-state index in [0.717, 1.165) is 0 Å². The molecule has 0 unspecified atom stereocenters. The van der Waals surface area contributed by atoms with Gasteiger partial charge in [0, 0.05) is 15.7 Å². The van der Waals surface area contributed by atoms with Crippen LogP contribution in [0.4, 0.5) is 5.69 Å². The SMILES string of the molecule is CC[C@H](Oc1ccccc1Cl)C(=O)Nc1cc(Cl)cc(Cl)c1. The number of carbonyl (C=O) groups is 1. The zero-order valence-electron chi connectivity index (χ0n) is 11.8. The highest BCUT2D eigenvalue weighted by molar-refractivity contribution is 6.35. The summed E-state index contributed by atoms with van der Waals surface area (Å²) in [5.74, 6) is 0.177. The summed E-state index contributed by atoms with van der Waals surface area (Å²) in [6, 6.07) is 11.8. The highest BCUT2D eigenvalue weighted by Gasteiger charge is 2.19. The summed E-state index contributed by atoms with van der Waals surface area (Å²) >= 11 is 17.9. The molecule has 2 rings (SSSR count). The molecule has 0 fully saturated rings. The number of hydrogen-bond acceptors (Lipinski definition) is 2. The fraction of sp³-hybridized carbons (Fsp3) is 0.188. The number of amides is 1. The van der Waals surface area contributed by atoms with Crippen LogP contribution >= 0.6 is 34.8 Å².